The monoisotopic (exact) mass is 246 g/mol. The lowest BCUT2D eigenvalue weighted by molar-refractivity contribution is 0.432. The lowest BCUT2D eigenvalue weighted by Crippen LogP contribution is -1.81. The summed E-state index contributed by atoms with van der Waals surface area (Å²) in [5.74, 6) is 0.659. The SMILES string of the molecule is Fc1ccc(-c2noc(-c3ccsc3)n2)cc1. The van der Waals surface area contributed by atoms with Crippen molar-refractivity contribution in [2.45, 2.75) is 0 Å². The molecule has 0 aliphatic carbocycles. The Balaban J connectivity index is 1.98. The van der Waals surface area contributed by atoms with E-state index in [1.807, 2.05) is 16.8 Å². The molecule has 0 N–H and O–H groups in total. The zero-order chi connectivity index (χ0) is 11.7. The highest BCUT2D eigenvalue weighted by molar-refractivity contribution is 7.08. The van der Waals surface area contributed by atoms with Gasteiger partial charge in [0.15, 0.2) is 0 Å². The van der Waals surface area contributed by atoms with Crippen LogP contribution in [0.2, 0.25) is 0 Å². The molecule has 0 fully saturated rings. The Labute approximate surface area is 101 Å². The third-order valence-corrected chi connectivity index (χ3v) is 2.98. The maximum atomic E-state index is 12.8. The zero-order valence-electron chi connectivity index (χ0n) is 8.63. The predicted molar refractivity (Wildman–Crippen MR) is 63.0 cm³/mol. The first-order chi connectivity index (χ1) is 8.33. The summed E-state index contributed by atoms with van der Waals surface area (Å²) in [6, 6.07) is 7.90. The third kappa shape index (κ3) is 1.97. The quantitative estimate of drug-likeness (QED) is 0.693. The number of thiophene rings is 1. The van der Waals surface area contributed by atoms with Crippen molar-refractivity contribution < 1.29 is 8.91 Å². The van der Waals surface area contributed by atoms with Gasteiger partial charge in [0, 0.05) is 10.9 Å². The maximum absolute atomic E-state index is 12.8. The van der Waals surface area contributed by atoms with Gasteiger partial charge < -0.3 is 4.52 Å². The average molecular weight is 246 g/mol. The van der Waals surface area contributed by atoms with Crippen LogP contribution in [0, 0.1) is 5.82 Å². The van der Waals surface area contributed by atoms with Crippen molar-refractivity contribution in [3.8, 4) is 22.8 Å². The second kappa shape index (κ2) is 4.10. The average Bonchev–Trinajstić information content (AvgIpc) is 3.00. The maximum Gasteiger partial charge on any atom is 0.259 e. The first-order valence-corrected chi connectivity index (χ1v) is 5.89. The van der Waals surface area contributed by atoms with Gasteiger partial charge >= 0.3 is 0 Å². The zero-order valence-corrected chi connectivity index (χ0v) is 9.45. The molecule has 0 saturated heterocycles. The molecule has 3 aromatic rings. The predicted octanol–water partition coefficient (Wildman–Crippen LogP) is 3.60. The van der Waals surface area contributed by atoms with Crippen molar-refractivity contribution in [3.63, 3.8) is 0 Å². The van der Waals surface area contributed by atoms with Crippen molar-refractivity contribution >= 4 is 11.3 Å². The molecule has 0 radical (unpaired) electrons. The number of benzene rings is 1. The van der Waals surface area contributed by atoms with Crippen LogP contribution in [0.25, 0.3) is 22.8 Å². The molecule has 3 rings (SSSR count). The summed E-state index contributed by atoms with van der Waals surface area (Å²) in [6.07, 6.45) is 0. The molecule has 2 heterocycles. The lowest BCUT2D eigenvalue weighted by atomic mass is 10.2. The first-order valence-electron chi connectivity index (χ1n) is 4.95. The number of hydrogen-bond donors (Lipinski definition) is 0. The second-order valence-corrected chi connectivity index (χ2v) is 4.22. The Kier molecular flexibility index (Phi) is 2.45. The lowest BCUT2D eigenvalue weighted by Gasteiger charge is -1.92. The molecule has 17 heavy (non-hydrogen) atoms. The summed E-state index contributed by atoms with van der Waals surface area (Å²) in [6.45, 7) is 0. The highest BCUT2D eigenvalue weighted by Crippen LogP contribution is 2.23. The summed E-state index contributed by atoms with van der Waals surface area (Å²) in [5, 5.41) is 7.74. The van der Waals surface area contributed by atoms with E-state index in [-0.39, 0.29) is 5.82 Å². The third-order valence-electron chi connectivity index (χ3n) is 2.30. The van der Waals surface area contributed by atoms with Crippen molar-refractivity contribution in [2.24, 2.45) is 0 Å². The summed E-state index contributed by atoms with van der Waals surface area (Å²) in [7, 11) is 0. The van der Waals surface area contributed by atoms with Crippen LogP contribution in [-0.4, -0.2) is 10.1 Å². The van der Waals surface area contributed by atoms with Gasteiger partial charge in [-0.3, -0.25) is 0 Å². The minimum absolute atomic E-state index is 0.282. The molecule has 0 aliphatic heterocycles. The van der Waals surface area contributed by atoms with Crippen molar-refractivity contribution in [1.82, 2.24) is 10.1 Å². The van der Waals surface area contributed by atoms with Crippen molar-refractivity contribution in [3.05, 3.63) is 46.9 Å². The Hall–Kier alpha value is -2.01. The van der Waals surface area contributed by atoms with Crippen LogP contribution in [0.4, 0.5) is 4.39 Å². The molecule has 3 nitrogen and oxygen atoms in total. The molecular weight excluding hydrogens is 239 g/mol. The standard InChI is InChI=1S/C12H7FN2OS/c13-10-3-1-8(2-4-10)11-14-12(16-15-11)9-5-6-17-7-9/h1-7H. The van der Waals surface area contributed by atoms with Crippen molar-refractivity contribution in [1.29, 1.82) is 0 Å². The van der Waals surface area contributed by atoms with Gasteiger partial charge in [-0.2, -0.15) is 16.3 Å². The number of nitrogens with zero attached hydrogens (tertiary/aromatic N) is 2. The normalized spacial score (nSPS) is 10.6. The molecule has 2 aromatic heterocycles. The molecule has 0 spiro atoms. The molecule has 0 atom stereocenters. The van der Waals surface area contributed by atoms with Gasteiger partial charge in [-0.1, -0.05) is 5.16 Å². The highest BCUT2D eigenvalue weighted by atomic mass is 32.1. The second-order valence-electron chi connectivity index (χ2n) is 3.44. The molecule has 1 aromatic carbocycles. The number of aromatic nitrogens is 2. The van der Waals surface area contributed by atoms with Crippen LogP contribution >= 0.6 is 11.3 Å². The summed E-state index contributed by atoms with van der Waals surface area (Å²) in [4.78, 5) is 4.26. The molecular formula is C12H7FN2OS. The Morgan fingerprint density at radius 1 is 1.06 bits per heavy atom. The van der Waals surface area contributed by atoms with E-state index in [4.69, 9.17) is 4.52 Å². The molecule has 0 unspecified atom stereocenters. The molecule has 0 saturated carbocycles. The van der Waals surface area contributed by atoms with Gasteiger partial charge in [-0.15, -0.1) is 0 Å². The molecule has 5 heteroatoms. The first kappa shape index (κ1) is 10.2. The summed E-state index contributed by atoms with van der Waals surface area (Å²) in [5.41, 5.74) is 1.63. The Morgan fingerprint density at radius 3 is 2.59 bits per heavy atom. The van der Waals surface area contributed by atoms with Crippen LogP contribution in [0.15, 0.2) is 45.6 Å². The van der Waals surface area contributed by atoms with E-state index >= 15 is 0 Å². The Morgan fingerprint density at radius 2 is 1.88 bits per heavy atom. The van der Waals surface area contributed by atoms with Gasteiger partial charge in [0.25, 0.3) is 5.89 Å². The van der Waals surface area contributed by atoms with Gasteiger partial charge in [-0.05, 0) is 35.7 Å². The van der Waals surface area contributed by atoms with E-state index in [1.165, 1.54) is 12.1 Å². The van der Waals surface area contributed by atoms with E-state index in [9.17, 15) is 4.39 Å². The van der Waals surface area contributed by atoms with E-state index in [2.05, 4.69) is 10.1 Å². The van der Waals surface area contributed by atoms with Gasteiger partial charge in [0.2, 0.25) is 5.82 Å². The highest BCUT2D eigenvalue weighted by Gasteiger charge is 2.10. The van der Waals surface area contributed by atoms with E-state index in [0.29, 0.717) is 11.7 Å². The molecule has 0 aliphatic rings. The molecule has 0 amide bonds. The van der Waals surface area contributed by atoms with E-state index in [0.717, 1.165) is 11.1 Å². The van der Waals surface area contributed by atoms with Gasteiger partial charge in [0.05, 0.1) is 5.56 Å². The molecule has 0 bridgehead atoms. The fraction of sp³-hybridized carbons (Fsp3) is 0. The Bertz CT molecular complexity index is 616. The fourth-order valence-corrected chi connectivity index (χ4v) is 2.07. The largest absolute Gasteiger partial charge is 0.334 e. The number of rotatable bonds is 2. The minimum atomic E-state index is -0.282. The number of halogens is 1. The smallest absolute Gasteiger partial charge is 0.259 e. The fourth-order valence-electron chi connectivity index (χ4n) is 1.44. The summed E-state index contributed by atoms with van der Waals surface area (Å²) >= 11 is 1.56. The summed E-state index contributed by atoms with van der Waals surface area (Å²) < 4.78 is 17.9. The minimum Gasteiger partial charge on any atom is -0.334 e. The van der Waals surface area contributed by atoms with E-state index in [1.54, 1.807) is 23.5 Å². The van der Waals surface area contributed by atoms with Crippen LogP contribution < -0.4 is 0 Å². The van der Waals surface area contributed by atoms with E-state index < -0.39 is 0 Å². The molecule has 84 valence electrons. The van der Waals surface area contributed by atoms with Crippen LogP contribution in [-0.2, 0) is 0 Å². The van der Waals surface area contributed by atoms with Crippen LogP contribution in [0.3, 0.4) is 0 Å². The van der Waals surface area contributed by atoms with Crippen molar-refractivity contribution in [2.75, 3.05) is 0 Å². The van der Waals surface area contributed by atoms with Gasteiger partial charge in [-0.25, -0.2) is 4.39 Å². The van der Waals surface area contributed by atoms with Crippen LogP contribution in [0.5, 0.6) is 0 Å². The van der Waals surface area contributed by atoms with Crippen LogP contribution in [0.1, 0.15) is 0 Å². The number of hydrogen-bond acceptors (Lipinski definition) is 4. The topological polar surface area (TPSA) is 38.9 Å². The van der Waals surface area contributed by atoms with Gasteiger partial charge in [0.1, 0.15) is 5.82 Å².